The van der Waals surface area contributed by atoms with Crippen molar-refractivity contribution >= 4 is 20.0 Å². The van der Waals surface area contributed by atoms with Gasteiger partial charge >= 0.3 is 28.8 Å². The van der Waals surface area contributed by atoms with Gasteiger partial charge in [0.15, 0.2) is 20.0 Å². The number of halogens is 10. The quantitative estimate of drug-likeness (QED) is 0.607. The molecule has 0 spiro atoms. The van der Waals surface area contributed by atoms with E-state index in [4.69, 9.17) is 0 Å². The standard InChI is InChI=1S/C6H4F10NO4S2/c1-3(9,10)5(13,14)6(15,16)23(20,21)17-22(18,19)4(11,12)2(7)8/h2H,1H3/q-1. The Hall–Kier alpha value is -0.840. The third-order valence-electron chi connectivity index (χ3n) is 2.04. The highest BCUT2D eigenvalue weighted by Crippen LogP contribution is 2.50. The van der Waals surface area contributed by atoms with Gasteiger partial charge < -0.3 is 4.13 Å². The summed E-state index contributed by atoms with van der Waals surface area (Å²) in [5.41, 5.74) is 0. The van der Waals surface area contributed by atoms with E-state index in [1.165, 1.54) is 0 Å². The zero-order valence-electron chi connectivity index (χ0n) is 10.3. The van der Waals surface area contributed by atoms with Crippen molar-refractivity contribution in [1.82, 2.24) is 0 Å². The summed E-state index contributed by atoms with van der Waals surface area (Å²) in [6.07, 6.45) is -5.17. The Morgan fingerprint density at radius 1 is 0.783 bits per heavy atom. The van der Waals surface area contributed by atoms with Crippen molar-refractivity contribution in [2.45, 2.75) is 35.7 Å². The van der Waals surface area contributed by atoms with Gasteiger partial charge in [0.1, 0.15) is 0 Å². The van der Waals surface area contributed by atoms with Gasteiger partial charge in [-0.15, -0.1) is 0 Å². The van der Waals surface area contributed by atoms with Gasteiger partial charge in [-0.3, -0.25) is 0 Å². The van der Waals surface area contributed by atoms with Gasteiger partial charge in [-0.25, -0.2) is 25.6 Å². The molecule has 0 fully saturated rings. The van der Waals surface area contributed by atoms with Gasteiger partial charge in [0.2, 0.25) is 0 Å². The molecule has 0 aromatic carbocycles. The molecule has 23 heavy (non-hydrogen) atoms. The van der Waals surface area contributed by atoms with Crippen molar-refractivity contribution in [1.29, 1.82) is 0 Å². The Bertz CT molecular complexity index is 649. The van der Waals surface area contributed by atoms with Crippen molar-refractivity contribution in [2.75, 3.05) is 0 Å². The van der Waals surface area contributed by atoms with Crippen LogP contribution in [0.5, 0.6) is 0 Å². The minimum atomic E-state index is -7.61. The second-order valence-corrected chi connectivity index (χ2v) is 7.42. The summed E-state index contributed by atoms with van der Waals surface area (Å²) >= 11 is 0. The van der Waals surface area contributed by atoms with Crippen LogP contribution in [0.15, 0.2) is 0 Å². The first-order valence-electron chi connectivity index (χ1n) is 4.68. The minimum Gasteiger partial charge on any atom is -0.425 e. The molecule has 0 amide bonds. The molecule has 17 heteroatoms. The van der Waals surface area contributed by atoms with Gasteiger partial charge in [-0.1, -0.05) is 0 Å². The van der Waals surface area contributed by atoms with Crippen LogP contribution >= 0.6 is 0 Å². The van der Waals surface area contributed by atoms with E-state index in [0.29, 0.717) is 4.13 Å². The molecule has 0 heterocycles. The smallest absolute Gasteiger partial charge is 0.398 e. The van der Waals surface area contributed by atoms with Crippen molar-refractivity contribution in [3.05, 3.63) is 4.13 Å². The average molecular weight is 408 g/mol. The summed E-state index contributed by atoms with van der Waals surface area (Å²) in [7, 11) is -14.9. The lowest BCUT2D eigenvalue weighted by Gasteiger charge is -2.35. The number of nitrogens with zero attached hydrogens (tertiary/aromatic N) is 1. The number of sulfonamides is 2. The van der Waals surface area contributed by atoms with Crippen molar-refractivity contribution in [3.8, 4) is 0 Å². The highest BCUT2D eigenvalue weighted by molar-refractivity contribution is 8.13. The molecule has 0 saturated carbocycles. The third kappa shape index (κ3) is 3.49. The van der Waals surface area contributed by atoms with Gasteiger partial charge in [0.25, 0.3) is 0 Å². The highest BCUT2D eigenvalue weighted by Gasteiger charge is 2.73. The molecule has 0 atom stereocenters. The fraction of sp³-hybridized carbons (Fsp3) is 1.00. The van der Waals surface area contributed by atoms with Gasteiger partial charge in [0, 0.05) is 6.92 Å². The van der Waals surface area contributed by atoms with E-state index in [9.17, 15) is 60.7 Å². The van der Waals surface area contributed by atoms with E-state index >= 15 is 0 Å². The zero-order valence-corrected chi connectivity index (χ0v) is 11.9. The topological polar surface area (TPSA) is 82.4 Å². The van der Waals surface area contributed by atoms with Crippen LogP contribution in [0, 0.1) is 0 Å². The summed E-state index contributed by atoms with van der Waals surface area (Å²) < 4.78 is 168. The first-order chi connectivity index (χ1) is 9.65. The molecule has 0 N–H and O–H groups in total. The van der Waals surface area contributed by atoms with Crippen LogP contribution in [0.3, 0.4) is 0 Å². The molecular weight excluding hydrogens is 404 g/mol. The number of hydrogen-bond donors (Lipinski definition) is 0. The number of alkyl halides is 10. The van der Waals surface area contributed by atoms with Crippen LogP contribution in [-0.4, -0.2) is 45.6 Å². The Morgan fingerprint density at radius 3 is 1.39 bits per heavy atom. The summed E-state index contributed by atoms with van der Waals surface area (Å²) in [5, 5.41) is -13.3. The molecule has 140 valence electrons. The molecule has 5 nitrogen and oxygen atoms in total. The maximum atomic E-state index is 13.0. The van der Waals surface area contributed by atoms with Gasteiger partial charge in [-0.05, 0) is 0 Å². The molecule has 0 saturated heterocycles. The molecule has 0 aromatic rings. The van der Waals surface area contributed by atoms with Crippen molar-refractivity contribution < 1.29 is 60.7 Å². The molecule has 0 aliphatic carbocycles. The van der Waals surface area contributed by atoms with Crippen molar-refractivity contribution in [3.63, 3.8) is 0 Å². The van der Waals surface area contributed by atoms with E-state index in [1.807, 2.05) is 0 Å². The minimum absolute atomic E-state index is 0.636. The van der Waals surface area contributed by atoms with Crippen LogP contribution in [-0.2, 0) is 20.0 Å². The number of hydrogen-bond acceptors (Lipinski definition) is 4. The largest absolute Gasteiger partial charge is 0.425 e. The number of rotatable bonds is 7. The normalized spacial score (nSPS) is 16.0. The van der Waals surface area contributed by atoms with E-state index in [0.717, 1.165) is 0 Å². The molecule has 0 aliphatic rings. The monoisotopic (exact) mass is 408 g/mol. The summed E-state index contributed by atoms with van der Waals surface area (Å²) in [6.45, 7) is -0.890. The SMILES string of the molecule is CC(F)(F)C(F)(F)C(F)(F)S(=O)(=O)[N-]S(=O)(=O)C(F)(F)C(F)F. The fourth-order valence-electron chi connectivity index (χ4n) is 0.756. The van der Waals surface area contributed by atoms with E-state index in [1.54, 1.807) is 0 Å². The van der Waals surface area contributed by atoms with Crippen molar-refractivity contribution in [2.24, 2.45) is 0 Å². The van der Waals surface area contributed by atoms with Crippen LogP contribution < -0.4 is 0 Å². The predicted molar refractivity (Wildman–Crippen MR) is 52.7 cm³/mol. The molecule has 0 radical (unpaired) electrons. The molecule has 0 bridgehead atoms. The van der Waals surface area contributed by atoms with Gasteiger partial charge in [0.05, 0.1) is 0 Å². The lowest BCUT2D eigenvalue weighted by Crippen LogP contribution is -2.56. The summed E-state index contributed by atoms with van der Waals surface area (Å²) in [5.74, 6) is -12.6. The first kappa shape index (κ1) is 22.2. The van der Waals surface area contributed by atoms with E-state index in [-0.39, 0.29) is 0 Å². The molecule has 0 aliphatic heterocycles. The van der Waals surface area contributed by atoms with E-state index in [2.05, 4.69) is 0 Å². The Morgan fingerprint density at radius 2 is 1.13 bits per heavy atom. The summed E-state index contributed by atoms with van der Waals surface area (Å²) in [4.78, 5) is 0. The van der Waals surface area contributed by atoms with Crippen LogP contribution in [0.4, 0.5) is 43.9 Å². The van der Waals surface area contributed by atoms with Crippen LogP contribution in [0.1, 0.15) is 6.92 Å². The Balaban J connectivity index is 6.06. The molecular formula is C6H4F10NO4S2-. The Kier molecular flexibility index (Phi) is 5.40. The molecule has 0 rings (SSSR count). The Labute approximate surface area is 121 Å². The zero-order chi connectivity index (χ0) is 19.3. The second-order valence-electron chi connectivity index (χ2n) is 3.87. The lowest BCUT2D eigenvalue weighted by atomic mass is 10.2. The summed E-state index contributed by atoms with van der Waals surface area (Å²) in [6, 6.07) is 0. The average Bonchev–Trinajstić information content (AvgIpc) is 2.24. The fourth-order valence-corrected chi connectivity index (χ4v) is 3.29. The maximum absolute atomic E-state index is 13.0. The first-order valence-corrected chi connectivity index (χ1v) is 7.56. The highest BCUT2D eigenvalue weighted by atomic mass is 32.3. The second kappa shape index (κ2) is 5.61. The molecule has 0 aromatic heterocycles. The van der Waals surface area contributed by atoms with Gasteiger partial charge in [-0.2, -0.15) is 35.1 Å². The maximum Gasteiger partial charge on any atom is 0.398 e. The lowest BCUT2D eigenvalue weighted by molar-refractivity contribution is -0.271. The van der Waals surface area contributed by atoms with E-state index < -0.39 is 55.7 Å². The third-order valence-corrected chi connectivity index (χ3v) is 5.38. The van der Waals surface area contributed by atoms with Crippen LogP contribution in [0.2, 0.25) is 0 Å². The predicted octanol–water partition coefficient (Wildman–Crippen LogP) is 2.76. The molecule has 0 unspecified atom stereocenters. The van der Waals surface area contributed by atoms with Crippen LogP contribution in [0.25, 0.3) is 4.13 Å².